The van der Waals surface area contributed by atoms with Crippen LogP contribution in [0.5, 0.6) is 0 Å². The van der Waals surface area contributed by atoms with Crippen LogP contribution in [0.1, 0.15) is 31.7 Å². The Balaban J connectivity index is 2.21. The summed E-state index contributed by atoms with van der Waals surface area (Å²) in [6.45, 7) is 3.94. The fourth-order valence-corrected chi connectivity index (χ4v) is 2.46. The normalized spacial score (nSPS) is 11.8. The van der Waals surface area contributed by atoms with Gasteiger partial charge in [0.1, 0.15) is 5.82 Å². The van der Waals surface area contributed by atoms with E-state index in [-0.39, 0.29) is 5.56 Å². The van der Waals surface area contributed by atoms with Gasteiger partial charge in [-0.2, -0.15) is 9.78 Å². The Kier molecular flexibility index (Phi) is 4.28. The molecule has 0 fully saturated rings. The van der Waals surface area contributed by atoms with Gasteiger partial charge < -0.3 is 0 Å². The minimum atomic E-state index is -0.132. The van der Waals surface area contributed by atoms with Gasteiger partial charge in [-0.1, -0.05) is 19.1 Å². The zero-order chi connectivity index (χ0) is 16.2. The highest BCUT2D eigenvalue weighted by atomic mass is 16.1. The van der Waals surface area contributed by atoms with Gasteiger partial charge in [-0.25, -0.2) is 4.98 Å². The second-order valence-electron chi connectivity index (χ2n) is 5.33. The first kappa shape index (κ1) is 15.1. The van der Waals surface area contributed by atoms with E-state index in [1.807, 2.05) is 37.3 Å². The quantitative estimate of drug-likeness (QED) is 0.696. The minimum absolute atomic E-state index is 0.132. The lowest BCUT2D eigenvalue weighted by molar-refractivity contribution is 0.701. The van der Waals surface area contributed by atoms with Gasteiger partial charge in [-0.3, -0.25) is 9.78 Å². The number of para-hydroxylation sites is 1. The largest absolute Gasteiger partial charge is 0.282 e. The van der Waals surface area contributed by atoms with Crippen LogP contribution in [0.2, 0.25) is 0 Å². The van der Waals surface area contributed by atoms with Crippen molar-refractivity contribution < 1.29 is 0 Å². The molecule has 5 heteroatoms. The lowest BCUT2D eigenvalue weighted by Crippen LogP contribution is -2.23. The van der Waals surface area contributed by atoms with Gasteiger partial charge in [0.15, 0.2) is 0 Å². The number of aryl methyl sites for hydroxylation is 1. The summed E-state index contributed by atoms with van der Waals surface area (Å²) >= 11 is 0. The molecular formula is C18H18N4O. The molecule has 0 unspecified atom stereocenters. The van der Waals surface area contributed by atoms with Gasteiger partial charge >= 0.3 is 0 Å². The highest BCUT2D eigenvalue weighted by Gasteiger charge is 2.10. The second-order valence-corrected chi connectivity index (χ2v) is 5.33. The SMILES string of the molecule is CCCc1nc2ccccc2c(=O)n1N=C(C)c1ccncc1. The molecule has 5 nitrogen and oxygen atoms in total. The van der Waals surface area contributed by atoms with Crippen LogP contribution < -0.4 is 5.56 Å². The molecule has 23 heavy (non-hydrogen) atoms. The van der Waals surface area contributed by atoms with Crippen LogP contribution in [0.3, 0.4) is 0 Å². The van der Waals surface area contributed by atoms with Crippen LogP contribution in [-0.4, -0.2) is 20.4 Å². The maximum absolute atomic E-state index is 12.8. The number of hydrogen-bond acceptors (Lipinski definition) is 4. The van der Waals surface area contributed by atoms with E-state index < -0.39 is 0 Å². The summed E-state index contributed by atoms with van der Waals surface area (Å²) in [6.07, 6.45) is 5.02. The molecule has 0 atom stereocenters. The lowest BCUT2D eigenvalue weighted by atomic mass is 10.2. The van der Waals surface area contributed by atoms with E-state index >= 15 is 0 Å². The molecule has 0 bridgehead atoms. The zero-order valence-corrected chi connectivity index (χ0v) is 13.2. The number of fused-ring (bicyclic) bond motifs is 1. The van der Waals surface area contributed by atoms with E-state index in [1.54, 1.807) is 18.5 Å². The van der Waals surface area contributed by atoms with Crippen molar-refractivity contribution in [2.45, 2.75) is 26.7 Å². The first-order chi connectivity index (χ1) is 11.2. The highest BCUT2D eigenvalue weighted by Crippen LogP contribution is 2.10. The summed E-state index contributed by atoms with van der Waals surface area (Å²) < 4.78 is 1.43. The fourth-order valence-electron chi connectivity index (χ4n) is 2.46. The summed E-state index contributed by atoms with van der Waals surface area (Å²) in [5.41, 5.74) is 2.27. The molecule has 2 aromatic heterocycles. The summed E-state index contributed by atoms with van der Waals surface area (Å²) in [4.78, 5) is 21.4. The molecule has 0 saturated carbocycles. The summed E-state index contributed by atoms with van der Waals surface area (Å²) in [5, 5.41) is 5.11. The third-order valence-electron chi connectivity index (χ3n) is 3.64. The number of nitrogens with zero attached hydrogens (tertiary/aromatic N) is 4. The molecule has 0 aliphatic carbocycles. The molecule has 2 heterocycles. The van der Waals surface area contributed by atoms with Crippen LogP contribution in [0.25, 0.3) is 10.9 Å². The first-order valence-corrected chi connectivity index (χ1v) is 7.67. The molecule has 3 aromatic rings. The molecule has 116 valence electrons. The number of rotatable bonds is 4. The van der Waals surface area contributed by atoms with Gasteiger partial charge in [0.2, 0.25) is 0 Å². The number of benzene rings is 1. The number of pyridine rings is 1. The fraction of sp³-hybridized carbons (Fsp3) is 0.222. The number of hydrogen-bond donors (Lipinski definition) is 0. The Morgan fingerprint density at radius 2 is 1.91 bits per heavy atom. The standard InChI is InChI=1S/C18H18N4O/c1-3-6-17-20-16-8-5-4-7-15(16)18(23)22(17)21-13(2)14-9-11-19-12-10-14/h4-5,7-12H,3,6H2,1-2H3. The molecule has 0 radical (unpaired) electrons. The predicted octanol–water partition coefficient (Wildman–Crippen LogP) is 3.02. The van der Waals surface area contributed by atoms with E-state index in [9.17, 15) is 4.79 Å². The van der Waals surface area contributed by atoms with Gasteiger partial charge in [-0.15, -0.1) is 0 Å². The Morgan fingerprint density at radius 3 is 2.65 bits per heavy atom. The van der Waals surface area contributed by atoms with E-state index in [4.69, 9.17) is 0 Å². The van der Waals surface area contributed by atoms with Crippen LogP contribution in [-0.2, 0) is 6.42 Å². The zero-order valence-electron chi connectivity index (χ0n) is 13.2. The Morgan fingerprint density at radius 1 is 1.17 bits per heavy atom. The molecule has 0 spiro atoms. The predicted molar refractivity (Wildman–Crippen MR) is 91.8 cm³/mol. The van der Waals surface area contributed by atoms with E-state index in [0.717, 1.165) is 17.7 Å². The van der Waals surface area contributed by atoms with Gasteiger partial charge in [0.25, 0.3) is 5.56 Å². The van der Waals surface area contributed by atoms with Crippen molar-refractivity contribution in [1.82, 2.24) is 14.6 Å². The van der Waals surface area contributed by atoms with E-state index in [0.29, 0.717) is 23.1 Å². The molecular weight excluding hydrogens is 288 g/mol. The molecule has 3 rings (SSSR count). The average Bonchev–Trinajstić information content (AvgIpc) is 2.59. The third kappa shape index (κ3) is 3.04. The molecule has 1 aromatic carbocycles. The summed E-state index contributed by atoms with van der Waals surface area (Å²) in [6, 6.07) is 11.1. The molecule has 0 aliphatic heterocycles. The topological polar surface area (TPSA) is 60.1 Å². The van der Waals surface area contributed by atoms with Crippen molar-refractivity contribution in [3.63, 3.8) is 0 Å². The molecule has 0 aliphatic rings. The van der Waals surface area contributed by atoms with E-state index in [2.05, 4.69) is 22.0 Å². The van der Waals surface area contributed by atoms with Gasteiger partial charge in [0, 0.05) is 24.4 Å². The van der Waals surface area contributed by atoms with Crippen molar-refractivity contribution >= 4 is 16.6 Å². The monoisotopic (exact) mass is 306 g/mol. The lowest BCUT2D eigenvalue weighted by Gasteiger charge is -2.10. The van der Waals surface area contributed by atoms with Gasteiger partial charge in [0.05, 0.1) is 16.6 Å². The maximum atomic E-state index is 12.8. The first-order valence-electron chi connectivity index (χ1n) is 7.67. The highest BCUT2D eigenvalue weighted by molar-refractivity contribution is 5.98. The minimum Gasteiger partial charge on any atom is -0.267 e. The smallest absolute Gasteiger partial charge is 0.267 e. The second kappa shape index (κ2) is 6.52. The van der Waals surface area contributed by atoms with Crippen molar-refractivity contribution in [3.05, 3.63) is 70.5 Å². The van der Waals surface area contributed by atoms with Crippen molar-refractivity contribution in [3.8, 4) is 0 Å². The Labute approximate surface area is 134 Å². The average molecular weight is 306 g/mol. The Bertz CT molecular complexity index is 913. The summed E-state index contributed by atoms with van der Waals surface area (Å²) in [5.74, 6) is 0.685. The van der Waals surface area contributed by atoms with E-state index in [1.165, 1.54) is 4.68 Å². The summed E-state index contributed by atoms with van der Waals surface area (Å²) in [7, 11) is 0. The third-order valence-corrected chi connectivity index (χ3v) is 3.64. The van der Waals surface area contributed by atoms with Crippen molar-refractivity contribution in [2.75, 3.05) is 0 Å². The maximum Gasteiger partial charge on any atom is 0.282 e. The van der Waals surface area contributed by atoms with Crippen molar-refractivity contribution in [2.24, 2.45) is 5.10 Å². The number of aromatic nitrogens is 3. The Hall–Kier alpha value is -2.82. The van der Waals surface area contributed by atoms with Crippen LogP contribution in [0.15, 0.2) is 58.7 Å². The molecule has 0 amide bonds. The molecule has 0 N–H and O–H groups in total. The van der Waals surface area contributed by atoms with Crippen LogP contribution >= 0.6 is 0 Å². The van der Waals surface area contributed by atoms with Crippen LogP contribution in [0, 0.1) is 0 Å². The molecule has 0 saturated heterocycles. The van der Waals surface area contributed by atoms with Gasteiger partial charge in [-0.05, 0) is 37.6 Å². The van der Waals surface area contributed by atoms with Crippen molar-refractivity contribution in [1.29, 1.82) is 0 Å². The van der Waals surface area contributed by atoms with Crippen LogP contribution in [0.4, 0.5) is 0 Å².